The number of aromatic nitrogens is 4. The lowest BCUT2D eigenvalue weighted by molar-refractivity contribution is -0.144. The molecule has 0 aliphatic heterocycles. The number of nitrogens with zero attached hydrogens (tertiary/aromatic N) is 4. The smallest absolute Gasteiger partial charge is 0.311 e. The molecule has 0 radical (unpaired) electrons. The van der Waals surface area contributed by atoms with Gasteiger partial charge >= 0.3 is 5.97 Å². The van der Waals surface area contributed by atoms with Crippen molar-refractivity contribution >= 4 is 49.2 Å². The van der Waals surface area contributed by atoms with E-state index in [1.54, 1.807) is 4.68 Å². The number of carboxylic acid groups (broad SMARTS) is 1. The molecule has 0 aromatic carbocycles. The molecule has 0 unspecified atom stereocenters. The highest BCUT2D eigenvalue weighted by Crippen LogP contribution is 2.48. The maximum Gasteiger partial charge on any atom is 0.311 e. The maximum absolute atomic E-state index is 11.2. The topological polar surface area (TPSA) is 80.9 Å². The summed E-state index contributed by atoms with van der Waals surface area (Å²) in [6.45, 7) is 0.317. The second-order valence-corrected chi connectivity index (χ2v) is 7.70. The molecule has 1 aliphatic rings. The summed E-state index contributed by atoms with van der Waals surface area (Å²) < 4.78 is 3.46. The number of halogens is 2. The van der Waals surface area contributed by atoms with Crippen molar-refractivity contribution in [2.75, 3.05) is 0 Å². The summed E-state index contributed by atoms with van der Waals surface area (Å²) in [7, 11) is 0. The van der Waals surface area contributed by atoms with E-state index in [0.717, 1.165) is 13.1 Å². The van der Waals surface area contributed by atoms with Gasteiger partial charge in [-0.2, -0.15) is 0 Å². The highest BCUT2D eigenvalue weighted by atomic mass is 79.9. The molecule has 6 nitrogen and oxygen atoms in total. The van der Waals surface area contributed by atoms with E-state index < -0.39 is 11.4 Å². The maximum atomic E-state index is 11.2. The third-order valence-corrected chi connectivity index (χ3v) is 6.41. The average molecular weight is 408 g/mol. The largest absolute Gasteiger partial charge is 0.481 e. The van der Waals surface area contributed by atoms with Gasteiger partial charge in [-0.15, -0.1) is 16.4 Å². The van der Waals surface area contributed by atoms with Gasteiger partial charge in [0.1, 0.15) is 0 Å². The van der Waals surface area contributed by atoms with Crippen LogP contribution >= 0.6 is 43.2 Å². The number of carboxylic acids is 1. The number of carbonyl (C=O) groups is 1. The summed E-state index contributed by atoms with van der Waals surface area (Å²) >= 11 is 8.34. The predicted molar refractivity (Wildman–Crippen MR) is 75.8 cm³/mol. The molecule has 1 N–H and O–H groups in total. The Balaban J connectivity index is 1.93. The SMILES string of the molecule is O=C(O)C1(Cn2nnnc2-c2cc(Br)c(Br)s2)CC1. The fourth-order valence-electron chi connectivity index (χ4n) is 1.82. The van der Waals surface area contributed by atoms with Crippen molar-refractivity contribution in [3.05, 3.63) is 14.3 Å². The van der Waals surface area contributed by atoms with Crippen molar-refractivity contribution in [3.8, 4) is 10.7 Å². The lowest BCUT2D eigenvalue weighted by Crippen LogP contribution is -2.22. The molecule has 2 aromatic rings. The predicted octanol–water partition coefficient (Wildman–Crippen LogP) is 2.79. The standard InChI is InChI=1S/C10H8Br2N4O2S/c11-5-3-6(19-7(5)12)8-13-14-15-16(8)4-10(1-2-10)9(17)18/h3H,1-2,4H2,(H,17,18). The molecule has 3 rings (SSSR count). The number of aliphatic carboxylic acids is 1. The van der Waals surface area contributed by atoms with Crippen LogP contribution in [0.1, 0.15) is 12.8 Å². The molecule has 0 amide bonds. The highest BCUT2D eigenvalue weighted by Gasteiger charge is 2.51. The van der Waals surface area contributed by atoms with Crippen LogP contribution in [0.3, 0.4) is 0 Å². The van der Waals surface area contributed by atoms with Gasteiger partial charge < -0.3 is 5.11 Å². The van der Waals surface area contributed by atoms with E-state index in [9.17, 15) is 9.90 Å². The molecule has 19 heavy (non-hydrogen) atoms. The Kier molecular flexibility index (Phi) is 3.22. The Bertz CT molecular complexity index is 630. The van der Waals surface area contributed by atoms with Crippen LogP contribution in [0.15, 0.2) is 14.3 Å². The molecule has 1 aliphatic carbocycles. The Morgan fingerprint density at radius 1 is 1.53 bits per heavy atom. The molecule has 9 heteroatoms. The van der Waals surface area contributed by atoms with Crippen molar-refractivity contribution in [2.45, 2.75) is 19.4 Å². The van der Waals surface area contributed by atoms with Gasteiger partial charge in [0.05, 0.1) is 20.6 Å². The minimum absolute atomic E-state index is 0.317. The zero-order chi connectivity index (χ0) is 13.6. The quantitative estimate of drug-likeness (QED) is 0.842. The minimum Gasteiger partial charge on any atom is -0.481 e. The van der Waals surface area contributed by atoms with Gasteiger partial charge in [-0.1, -0.05) is 0 Å². The molecule has 1 saturated carbocycles. The number of tetrazole rings is 1. The summed E-state index contributed by atoms with van der Waals surface area (Å²) in [6.07, 6.45) is 1.36. The van der Waals surface area contributed by atoms with Crippen LogP contribution in [0.4, 0.5) is 0 Å². The van der Waals surface area contributed by atoms with E-state index in [1.165, 1.54) is 11.3 Å². The first-order valence-corrected chi connectivity index (χ1v) is 7.87. The van der Waals surface area contributed by atoms with Gasteiger partial charge in [0.2, 0.25) is 0 Å². The molecule has 0 saturated heterocycles. The number of thiophene rings is 1. The second-order valence-electron chi connectivity index (χ2n) is 4.48. The Hall–Kier alpha value is -0.800. The monoisotopic (exact) mass is 406 g/mol. The van der Waals surface area contributed by atoms with Gasteiger partial charge in [0.25, 0.3) is 0 Å². The molecule has 1 fully saturated rings. The minimum atomic E-state index is -0.775. The van der Waals surface area contributed by atoms with E-state index >= 15 is 0 Å². The molecule has 0 bridgehead atoms. The summed E-state index contributed by atoms with van der Waals surface area (Å²) in [6, 6.07) is 1.91. The van der Waals surface area contributed by atoms with Crippen LogP contribution in [0, 0.1) is 5.41 Å². The molecule has 2 aromatic heterocycles. The van der Waals surface area contributed by atoms with Crippen molar-refractivity contribution in [1.82, 2.24) is 20.2 Å². The third kappa shape index (κ3) is 2.34. The number of hydrogen-bond acceptors (Lipinski definition) is 5. The molecule has 0 spiro atoms. The fraction of sp³-hybridized carbons (Fsp3) is 0.400. The zero-order valence-corrected chi connectivity index (χ0v) is 13.5. The lowest BCUT2D eigenvalue weighted by atomic mass is 10.1. The van der Waals surface area contributed by atoms with E-state index in [-0.39, 0.29) is 0 Å². The van der Waals surface area contributed by atoms with Crippen LogP contribution < -0.4 is 0 Å². The van der Waals surface area contributed by atoms with Crippen molar-refractivity contribution in [2.24, 2.45) is 5.41 Å². The van der Waals surface area contributed by atoms with Crippen LogP contribution in [0.5, 0.6) is 0 Å². The first-order valence-electron chi connectivity index (χ1n) is 5.47. The van der Waals surface area contributed by atoms with Gasteiger partial charge in [-0.3, -0.25) is 4.79 Å². The van der Waals surface area contributed by atoms with Gasteiger partial charge in [-0.05, 0) is 61.2 Å². The van der Waals surface area contributed by atoms with Gasteiger partial charge in [0, 0.05) is 4.47 Å². The third-order valence-electron chi connectivity index (χ3n) is 3.16. The van der Waals surface area contributed by atoms with Crippen LogP contribution in [-0.4, -0.2) is 31.3 Å². The molecular formula is C10H8Br2N4O2S. The lowest BCUT2D eigenvalue weighted by Gasteiger charge is -2.09. The van der Waals surface area contributed by atoms with Gasteiger partial charge in [0.15, 0.2) is 5.82 Å². The normalized spacial score (nSPS) is 16.5. The van der Waals surface area contributed by atoms with Crippen molar-refractivity contribution in [1.29, 1.82) is 0 Å². The zero-order valence-electron chi connectivity index (χ0n) is 9.51. The molecule has 2 heterocycles. The molecule has 100 valence electrons. The van der Waals surface area contributed by atoms with E-state index in [0.29, 0.717) is 25.2 Å². The van der Waals surface area contributed by atoms with E-state index in [4.69, 9.17) is 0 Å². The summed E-state index contributed by atoms with van der Waals surface area (Å²) in [5.74, 6) is -0.175. The Morgan fingerprint density at radius 3 is 2.79 bits per heavy atom. The second kappa shape index (κ2) is 4.64. The summed E-state index contributed by atoms with van der Waals surface area (Å²) in [5, 5.41) is 20.8. The van der Waals surface area contributed by atoms with Crippen LogP contribution in [0.25, 0.3) is 10.7 Å². The van der Waals surface area contributed by atoms with Crippen LogP contribution in [0.2, 0.25) is 0 Å². The first kappa shape index (κ1) is 13.2. The fourth-order valence-corrected chi connectivity index (χ4v) is 3.85. The summed E-state index contributed by atoms with van der Waals surface area (Å²) in [4.78, 5) is 12.1. The molecule has 0 atom stereocenters. The van der Waals surface area contributed by atoms with Crippen molar-refractivity contribution in [3.63, 3.8) is 0 Å². The molecular weight excluding hydrogens is 400 g/mol. The van der Waals surface area contributed by atoms with Crippen molar-refractivity contribution < 1.29 is 9.90 Å². The van der Waals surface area contributed by atoms with E-state index in [1.807, 2.05) is 6.07 Å². The highest BCUT2D eigenvalue weighted by molar-refractivity contribution is 9.13. The number of hydrogen-bond donors (Lipinski definition) is 1. The first-order chi connectivity index (χ1) is 9.02. The average Bonchev–Trinajstić information content (AvgIpc) is 2.87. The number of rotatable bonds is 4. The summed E-state index contributed by atoms with van der Waals surface area (Å²) in [5.41, 5.74) is -0.685. The van der Waals surface area contributed by atoms with E-state index in [2.05, 4.69) is 47.4 Å². The Labute approximate surface area is 129 Å². The van der Waals surface area contributed by atoms with Gasteiger partial charge in [-0.25, -0.2) is 4.68 Å². The van der Waals surface area contributed by atoms with Crippen LogP contribution in [-0.2, 0) is 11.3 Å². The Morgan fingerprint density at radius 2 is 2.26 bits per heavy atom.